The summed E-state index contributed by atoms with van der Waals surface area (Å²) in [6, 6.07) is 16.8. The maximum absolute atomic E-state index is 12.7. The fraction of sp³-hybridized carbons (Fsp3) is 0.318. The first-order chi connectivity index (χ1) is 13.0. The van der Waals surface area contributed by atoms with Crippen LogP contribution in [-0.2, 0) is 22.4 Å². The van der Waals surface area contributed by atoms with Crippen LogP contribution >= 0.6 is 0 Å². The summed E-state index contributed by atoms with van der Waals surface area (Å²) in [4.78, 5) is 25.1. The molecule has 0 radical (unpaired) electrons. The largest absolute Gasteiger partial charge is 0.458 e. The summed E-state index contributed by atoms with van der Waals surface area (Å²) >= 11 is 0. The molecule has 5 heteroatoms. The van der Waals surface area contributed by atoms with Gasteiger partial charge in [-0.25, -0.2) is 4.79 Å². The fourth-order valence-electron chi connectivity index (χ4n) is 3.10. The molecule has 0 aliphatic heterocycles. The number of Topliss-reactive ketones (excluding diaryl/α,β-unsaturated/α-hetero) is 1. The minimum atomic E-state index is -0.468. The minimum absolute atomic E-state index is 0.0110. The predicted octanol–water partition coefficient (Wildman–Crippen LogP) is 3.32. The standard InChI is InChI=1S/C22H24N2O3/c1-15(2)27-22(26)20(14-16-8-4-3-5-9-16)24-23-19-13-12-17-10-6-7-11-18(17)21(19)25/h3-11,15,19,23H,12-14H2,1-2H3/b24-20-/t19-/m1/s1. The number of benzene rings is 2. The third-order valence-corrected chi connectivity index (χ3v) is 4.45. The lowest BCUT2D eigenvalue weighted by molar-refractivity contribution is -0.139. The van der Waals surface area contributed by atoms with Crippen molar-refractivity contribution in [1.82, 2.24) is 5.43 Å². The Bertz CT molecular complexity index is 844. The summed E-state index contributed by atoms with van der Waals surface area (Å²) in [5, 5.41) is 4.29. The smallest absolute Gasteiger partial charge is 0.355 e. The molecule has 0 saturated carbocycles. The van der Waals surface area contributed by atoms with Crippen molar-refractivity contribution in [2.45, 2.75) is 45.3 Å². The normalized spacial score (nSPS) is 16.8. The van der Waals surface area contributed by atoms with Crippen LogP contribution in [0.5, 0.6) is 0 Å². The SMILES string of the molecule is CC(C)OC(=O)/C(Cc1ccccc1)=N\N[C@@H]1CCc2ccccc2C1=O. The number of hydrogen-bond donors (Lipinski definition) is 1. The predicted molar refractivity (Wildman–Crippen MR) is 105 cm³/mol. The highest BCUT2D eigenvalue weighted by Crippen LogP contribution is 2.21. The Morgan fingerprint density at radius 1 is 1.15 bits per heavy atom. The van der Waals surface area contributed by atoms with Crippen LogP contribution in [0.3, 0.4) is 0 Å². The molecular formula is C22H24N2O3. The van der Waals surface area contributed by atoms with Crippen LogP contribution < -0.4 is 5.43 Å². The van der Waals surface area contributed by atoms with Crippen LogP contribution in [0.1, 0.15) is 41.8 Å². The first kappa shape index (κ1) is 18.8. The number of hydrazone groups is 1. The first-order valence-electron chi connectivity index (χ1n) is 9.23. The van der Waals surface area contributed by atoms with Gasteiger partial charge in [-0.3, -0.25) is 10.2 Å². The van der Waals surface area contributed by atoms with Crippen molar-refractivity contribution in [3.63, 3.8) is 0 Å². The van der Waals surface area contributed by atoms with Crippen molar-refractivity contribution in [3.05, 3.63) is 71.3 Å². The van der Waals surface area contributed by atoms with E-state index in [1.807, 2.05) is 54.6 Å². The van der Waals surface area contributed by atoms with E-state index in [4.69, 9.17) is 4.74 Å². The van der Waals surface area contributed by atoms with Crippen LogP contribution in [0.4, 0.5) is 0 Å². The van der Waals surface area contributed by atoms with Gasteiger partial charge in [0.1, 0.15) is 11.8 Å². The summed E-state index contributed by atoms with van der Waals surface area (Å²) in [5.74, 6) is -0.457. The number of nitrogens with one attached hydrogen (secondary N) is 1. The lowest BCUT2D eigenvalue weighted by Crippen LogP contribution is -2.39. The van der Waals surface area contributed by atoms with Gasteiger partial charge in [-0.1, -0.05) is 54.6 Å². The monoisotopic (exact) mass is 364 g/mol. The average Bonchev–Trinajstić information content (AvgIpc) is 2.67. The van der Waals surface area contributed by atoms with E-state index in [1.165, 1.54) is 0 Å². The number of ketones is 1. The van der Waals surface area contributed by atoms with E-state index in [9.17, 15) is 9.59 Å². The summed E-state index contributed by atoms with van der Waals surface area (Å²) in [7, 11) is 0. The molecule has 1 aliphatic carbocycles. The molecule has 0 unspecified atom stereocenters. The Balaban J connectivity index is 1.77. The average molecular weight is 364 g/mol. The Morgan fingerprint density at radius 3 is 2.59 bits per heavy atom. The molecule has 0 heterocycles. The zero-order valence-electron chi connectivity index (χ0n) is 15.6. The molecule has 2 aromatic rings. The molecule has 0 amide bonds. The second kappa shape index (κ2) is 8.62. The highest BCUT2D eigenvalue weighted by atomic mass is 16.5. The molecule has 3 rings (SSSR count). The van der Waals surface area contributed by atoms with Gasteiger partial charge in [0, 0.05) is 12.0 Å². The second-order valence-corrected chi connectivity index (χ2v) is 6.92. The molecule has 0 spiro atoms. The first-order valence-corrected chi connectivity index (χ1v) is 9.23. The van der Waals surface area contributed by atoms with Gasteiger partial charge in [0.25, 0.3) is 0 Å². The van der Waals surface area contributed by atoms with Crippen molar-refractivity contribution < 1.29 is 14.3 Å². The van der Waals surface area contributed by atoms with Gasteiger partial charge in [0.05, 0.1) is 6.10 Å². The van der Waals surface area contributed by atoms with Crippen LogP contribution in [0.2, 0.25) is 0 Å². The summed E-state index contributed by atoms with van der Waals surface area (Å²) in [5.41, 5.74) is 5.94. The van der Waals surface area contributed by atoms with E-state index in [1.54, 1.807) is 13.8 Å². The van der Waals surface area contributed by atoms with E-state index >= 15 is 0 Å². The number of esters is 1. The fourth-order valence-corrected chi connectivity index (χ4v) is 3.10. The van der Waals surface area contributed by atoms with Gasteiger partial charge in [0.15, 0.2) is 5.78 Å². The van der Waals surface area contributed by atoms with Crippen LogP contribution in [0, 0.1) is 0 Å². The van der Waals surface area contributed by atoms with Gasteiger partial charge in [0.2, 0.25) is 0 Å². The van der Waals surface area contributed by atoms with Gasteiger partial charge in [-0.2, -0.15) is 5.10 Å². The van der Waals surface area contributed by atoms with Crippen molar-refractivity contribution in [3.8, 4) is 0 Å². The molecule has 1 aliphatic rings. The maximum atomic E-state index is 12.7. The van der Waals surface area contributed by atoms with Gasteiger partial charge < -0.3 is 4.74 Å². The van der Waals surface area contributed by atoms with Gasteiger partial charge in [-0.05, 0) is 37.8 Å². The Hall–Kier alpha value is -2.95. The summed E-state index contributed by atoms with van der Waals surface area (Å²) < 4.78 is 5.31. The van der Waals surface area contributed by atoms with Crippen LogP contribution in [0.15, 0.2) is 59.7 Å². The number of carbonyl (C=O) groups excluding carboxylic acids is 2. The number of fused-ring (bicyclic) bond motifs is 1. The van der Waals surface area contributed by atoms with Gasteiger partial charge in [-0.15, -0.1) is 0 Å². The molecule has 140 valence electrons. The molecule has 0 saturated heterocycles. The Kier molecular flexibility index (Phi) is 6.01. The molecular weight excluding hydrogens is 340 g/mol. The number of aryl methyl sites for hydroxylation is 1. The highest BCUT2D eigenvalue weighted by molar-refractivity contribution is 6.37. The van der Waals surface area contributed by atoms with E-state index in [-0.39, 0.29) is 17.6 Å². The zero-order valence-corrected chi connectivity index (χ0v) is 15.6. The van der Waals surface area contributed by atoms with E-state index in [0.29, 0.717) is 12.8 Å². The van der Waals surface area contributed by atoms with E-state index in [2.05, 4.69) is 10.5 Å². The Labute approximate surface area is 159 Å². The molecule has 0 fully saturated rings. The zero-order chi connectivity index (χ0) is 19.2. The minimum Gasteiger partial charge on any atom is -0.458 e. The van der Waals surface area contributed by atoms with Crippen molar-refractivity contribution in [2.75, 3.05) is 0 Å². The molecule has 2 aromatic carbocycles. The molecule has 0 aromatic heterocycles. The van der Waals surface area contributed by atoms with Crippen molar-refractivity contribution in [1.29, 1.82) is 0 Å². The van der Waals surface area contributed by atoms with Crippen molar-refractivity contribution in [2.24, 2.45) is 5.10 Å². The number of hydrogen-bond acceptors (Lipinski definition) is 5. The number of ether oxygens (including phenoxy) is 1. The Morgan fingerprint density at radius 2 is 1.85 bits per heavy atom. The summed E-state index contributed by atoms with van der Waals surface area (Å²) in [6.45, 7) is 3.60. The highest BCUT2D eigenvalue weighted by Gasteiger charge is 2.27. The van der Waals surface area contributed by atoms with Crippen LogP contribution in [0.25, 0.3) is 0 Å². The molecule has 27 heavy (non-hydrogen) atoms. The third-order valence-electron chi connectivity index (χ3n) is 4.45. The van der Waals surface area contributed by atoms with Gasteiger partial charge >= 0.3 is 5.97 Å². The maximum Gasteiger partial charge on any atom is 0.355 e. The third kappa shape index (κ3) is 4.82. The van der Waals surface area contributed by atoms with E-state index < -0.39 is 12.0 Å². The summed E-state index contributed by atoms with van der Waals surface area (Å²) in [6.07, 6.45) is 1.56. The lowest BCUT2D eigenvalue weighted by Gasteiger charge is -2.23. The van der Waals surface area contributed by atoms with E-state index in [0.717, 1.165) is 23.1 Å². The quantitative estimate of drug-likeness (QED) is 0.485. The molecule has 1 atom stereocenters. The number of rotatable bonds is 6. The molecule has 5 nitrogen and oxygen atoms in total. The molecule has 1 N–H and O–H groups in total. The van der Waals surface area contributed by atoms with Crippen molar-refractivity contribution >= 4 is 17.5 Å². The molecule has 0 bridgehead atoms. The number of carbonyl (C=O) groups is 2. The topological polar surface area (TPSA) is 67.8 Å². The lowest BCUT2D eigenvalue weighted by atomic mass is 9.87. The van der Waals surface area contributed by atoms with Crippen LogP contribution in [-0.4, -0.2) is 29.6 Å². The second-order valence-electron chi connectivity index (χ2n) is 6.92. The number of nitrogens with zero attached hydrogens (tertiary/aromatic N) is 1.